The standard InChI is InChI=1S/C13H14ClN5O2/c1-7(12-16-3-4-19(12)2)18-13(21)10-9(14)5-8(6-17-10)11(15)20/h3-7H,1-2H3,(H2,15,20)(H,18,21). The Labute approximate surface area is 126 Å². The van der Waals surface area contributed by atoms with Crippen molar-refractivity contribution in [3.05, 3.63) is 46.8 Å². The second kappa shape index (κ2) is 5.92. The molecule has 1 atom stereocenters. The van der Waals surface area contributed by atoms with Crippen molar-refractivity contribution in [2.24, 2.45) is 12.8 Å². The number of hydrogen-bond donors (Lipinski definition) is 2. The molecule has 7 nitrogen and oxygen atoms in total. The quantitative estimate of drug-likeness (QED) is 0.881. The maximum atomic E-state index is 12.2. The number of imidazole rings is 1. The zero-order valence-electron chi connectivity index (χ0n) is 11.5. The summed E-state index contributed by atoms with van der Waals surface area (Å²) in [4.78, 5) is 31.2. The molecule has 8 heteroatoms. The Balaban J connectivity index is 2.17. The highest BCUT2D eigenvalue weighted by Gasteiger charge is 2.18. The van der Waals surface area contributed by atoms with E-state index in [9.17, 15) is 9.59 Å². The minimum atomic E-state index is -0.655. The fraction of sp³-hybridized carbons (Fsp3) is 0.231. The van der Waals surface area contributed by atoms with Gasteiger partial charge in [-0.15, -0.1) is 0 Å². The first-order valence-electron chi connectivity index (χ1n) is 6.13. The average molecular weight is 308 g/mol. The zero-order chi connectivity index (χ0) is 15.6. The number of rotatable bonds is 4. The number of halogens is 1. The van der Waals surface area contributed by atoms with Crippen molar-refractivity contribution in [1.29, 1.82) is 0 Å². The Bertz CT molecular complexity index is 698. The number of primary amides is 1. The van der Waals surface area contributed by atoms with Gasteiger partial charge in [0.2, 0.25) is 5.91 Å². The summed E-state index contributed by atoms with van der Waals surface area (Å²) >= 11 is 5.96. The van der Waals surface area contributed by atoms with Crippen molar-refractivity contribution in [2.75, 3.05) is 0 Å². The van der Waals surface area contributed by atoms with Crippen LogP contribution >= 0.6 is 11.6 Å². The zero-order valence-corrected chi connectivity index (χ0v) is 12.3. The molecule has 2 rings (SSSR count). The summed E-state index contributed by atoms with van der Waals surface area (Å²) in [7, 11) is 1.83. The predicted molar refractivity (Wildman–Crippen MR) is 76.9 cm³/mol. The minimum absolute atomic E-state index is 0.0303. The number of pyridine rings is 1. The van der Waals surface area contributed by atoms with Crippen LogP contribution in [0.3, 0.4) is 0 Å². The van der Waals surface area contributed by atoms with Crippen LogP contribution in [0.25, 0.3) is 0 Å². The van der Waals surface area contributed by atoms with Gasteiger partial charge in [0.1, 0.15) is 11.5 Å². The summed E-state index contributed by atoms with van der Waals surface area (Å²) in [5.41, 5.74) is 5.30. The fourth-order valence-electron chi connectivity index (χ4n) is 1.86. The lowest BCUT2D eigenvalue weighted by Gasteiger charge is -2.14. The van der Waals surface area contributed by atoms with Crippen molar-refractivity contribution in [1.82, 2.24) is 19.9 Å². The molecule has 110 valence electrons. The number of hydrogen-bond acceptors (Lipinski definition) is 4. The lowest BCUT2D eigenvalue weighted by Crippen LogP contribution is -2.29. The molecule has 1 unspecified atom stereocenters. The monoisotopic (exact) mass is 307 g/mol. The van der Waals surface area contributed by atoms with Gasteiger partial charge < -0.3 is 15.6 Å². The number of amides is 2. The molecule has 0 aliphatic rings. The normalized spacial score (nSPS) is 12.0. The van der Waals surface area contributed by atoms with Gasteiger partial charge in [0, 0.05) is 25.6 Å². The highest BCUT2D eigenvalue weighted by molar-refractivity contribution is 6.33. The van der Waals surface area contributed by atoms with Gasteiger partial charge in [0.25, 0.3) is 5.91 Å². The smallest absolute Gasteiger partial charge is 0.272 e. The van der Waals surface area contributed by atoms with Crippen LogP contribution in [0.1, 0.15) is 39.6 Å². The Kier molecular flexibility index (Phi) is 4.23. The summed E-state index contributed by atoms with van der Waals surface area (Å²) < 4.78 is 1.80. The Morgan fingerprint density at radius 2 is 2.14 bits per heavy atom. The van der Waals surface area contributed by atoms with Crippen molar-refractivity contribution < 1.29 is 9.59 Å². The van der Waals surface area contributed by atoms with Crippen molar-refractivity contribution >= 4 is 23.4 Å². The maximum absolute atomic E-state index is 12.2. The fourth-order valence-corrected chi connectivity index (χ4v) is 2.12. The van der Waals surface area contributed by atoms with Crippen LogP contribution in [-0.4, -0.2) is 26.3 Å². The van der Waals surface area contributed by atoms with Gasteiger partial charge in [-0.05, 0) is 13.0 Å². The first-order chi connectivity index (χ1) is 9.90. The summed E-state index contributed by atoms with van der Waals surface area (Å²) in [5, 5.41) is 2.81. The average Bonchev–Trinajstić information content (AvgIpc) is 2.84. The molecule has 0 aromatic carbocycles. The lowest BCUT2D eigenvalue weighted by atomic mass is 10.2. The first kappa shape index (κ1) is 15.0. The summed E-state index contributed by atoms with van der Waals surface area (Å²) in [5.74, 6) is -0.405. The molecule has 2 aromatic rings. The van der Waals surface area contributed by atoms with Gasteiger partial charge in [-0.1, -0.05) is 11.6 Å². The van der Waals surface area contributed by atoms with Gasteiger partial charge in [0.05, 0.1) is 16.6 Å². The Morgan fingerprint density at radius 1 is 1.43 bits per heavy atom. The molecular weight excluding hydrogens is 294 g/mol. The molecule has 0 spiro atoms. The van der Waals surface area contributed by atoms with Gasteiger partial charge in [-0.2, -0.15) is 0 Å². The van der Waals surface area contributed by atoms with E-state index < -0.39 is 11.8 Å². The van der Waals surface area contributed by atoms with Crippen LogP contribution in [0.15, 0.2) is 24.7 Å². The largest absolute Gasteiger partial charge is 0.366 e. The summed E-state index contributed by atoms with van der Waals surface area (Å²) in [6.45, 7) is 1.80. The van der Waals surface area contributed by atoms with Crippen molar-refractivity contribution in [3.63, 3.8) is 0 Å². The van der Waals surface area contributed by atoms with E-state index in [1.54, 1.807) is 23.9 Å². The van der Waals surface area contributed by atoms with Crippen LogP contribution < -0.4 is 11.1 Å². The SMILES string of the molecule is CC(NC(=O)c1ncc(C(N)=O)cc1Cl)c1nccn1C. The van der Waals surface area contributed by atoms with Crippen LogP contribution in [-0.2, 0) is 7.05 Å². The van der Waals surface area contributed by atoms with E-state index in [2.05, 4.69) is 15.3 Å². The van der Waals surface area contributed by atoms with E-state index in [0.29, 0.717) is 5.82 Å². The van der Waals surface area contributed by atoms with E-state index in [4.69, 9.17) is 17.3 Å². The van der Waals surface area contributed by atoms with E-state index >= 15 is 0 Å². The number of carbonyl (C=O) groups excluding carboxylic acids is 2. The van der Waals surface area contributed by atoms with E-state index in [0.717, 1.165) is 0 Å². The molecular formula is C13H14ClN5O2. The minimum Gasteiger partial charge on any atom is -0.366 e. The summed E-state index contributed by atoms with van der Waals surface area (Å²) in [6.07, 6.45) is 4.64. The molecule has 0 radical (unpaired) electrons. The lowest BCUT2D eigenvalue weighted by molar-refractivity contribution is 0.0930. The number of nitrogens with zero attached hydrogens (tertiary/aromatic N) is 3. The number of nitrogens with two attached hydrogens (primary N) is 1. The molecule has 21 heavy (non-hydrogen) atoms. The molecule has 0 fully saturated rings. The molecule has 0 bridgehead atoms. The predicted octanol–water partition coefficient (Wildman–Crippen LogP) is 1.06. The Morgan fingerprint density at radius 3 is 2.67 bits per heavy atom. The number of carbonyl (C=O) groups is 2. The third kappa shape index (κ3) is 3.19. The molecule has 2 heterocycles. The molecule has 0 aliphatic heterocycles. The number of nitrogens with one attached hydrogen (secondary N) is 1. The van der Waals surface area contributed by atoms with Crippen molar-refractivity contribution in [2.45, 2.75) is 13.0 Å². The van der Waals surface area contributed by atoms with Gasteiger partial charge in [0.15, 0.2) is 0 Å². The highest BCUT2D eigenvalue weighted by Crippen LogP contribution is 2.17. The van der Waals surface area contributed by atoms with Crippen molar-refractivity contribution in [3.8, 4) is 0 Å². The number of aromatic nitrogens is 3. The third-order valence-corrected chi connectivity index (χ3v) is 3.22. The van der Waals surface area contributed by atoms with Gasteiger partial charge in [-0.3, -0.25) is 9.59 Å². The van der Waals surface area contributed by atoms with Gasteiger partial charge >= 0.3 is 0 Å². The van der Waals surface area contributed by atoms with E-state index in [1.165, 1.54) is 12.3 Å². The Hall–Kier alpha value is -2.41. The first-order valence-corrected chi connectivity index (χ1v) is 6.51. The van der Waals surface area contributed by atoms with Gasteiger partial charge in [-0.25, -0.2) is 9.97 Å². The van der Waals surface area contributed by atoms with Crippen LogP contribution in [0, 0.1) is 0 Å². The number of aryl methyl sites for hydroxylation is 1. The molecule has 3 N–H and O–H groups in total. The third-order valence-electron chi connectivity index (χ3n) is 2.93. The second-order valence-electron chi connectivity index (χ2n) is 4.51. The molecule has 2 amide bonds. The molecule has 2 aromatic heterocycles. The maximum Gasteiger partial charge on any atom is 0.272 e. The topological polar surface area (TPSA) is 103 Å². The highest BCUT2D eigenvalue weighted by atomic mass is 35.5. The molecule has 0 aliphatic carbocycles. The molecule has 0 saturated carbocycles. The van der Waals surface area contributed by atoms with Crippen LogP contribution in [0.4, 0.5) is 0 Å². The second-order valence-corrected chi connectivity index (χ2v) is 4.92. The summed E-state index contributed by atoms with van der Waals surface area (Å²) in [6, 6.07) is 1.00. The van der Waals surface area contributed by atoms with E-state index in [1.807, 2.05) is 7.05 Å². The molecule has 0 saturated heterocycles. The van der Waals surface area contributed by atoms with Crippen LogP contribution in [0.2, 0.25) is 5.02 Å². The van der Waals surface area contributed by atoms with Crippen LogP contribution in [0.5, 0.6) is 0 Å². The van der Waals surface area contributed by atoms with E-state index in [-0.39, 0.29) is 22.3 Å².